The molecule has 0 saturated heterocycles. The van der Waals surface area contributed by atoms with Crippen LogP contribution in [0.15, 0.2) is 43.0 Å². The number of fused-ring (bicyclic) bond motifs is 1. The maximum atomic E-state index is 12.0. The molecule has 2 N–H and O–H groups in total. The summed E-state index contributed by atoms with van der Waals surface area (Å²) in [6.07, 6.45) is 7.49. The van der Waals surface area contributed by atoms with Gasteiger partial charge in [-0.25, -0.2) is 9.78 Å². The van der Waals surface area contributed by atoms with Crippen molar-refractivity contribution >= 4 is 6.03 Å². The van der Waals surface area contributed by atoms with Gasteiger partial charge in [-0.05, 0) is 24.0 Å². The van der Waals surface area contributed by atoms with Gasteiger partial charge < -0.3 is 15.2 Å². The molecule has 0 unspecified atom stereocenters. The lowest BCUT2D eigenvalue weighted by atomic mass is 9.98. The van der Waals surface area contributed by atoms with Crippen molar-refractivity contribution in [3.8, 4) is 0 Å². The zero-order valence-corrected chi connectivity index (χ0v) is 14.8. The maximum Gasteiger partial charge on any atom is 0.314 e. The van der Waals surface area contributed by atoms with E-state index in [2.05, 4.69) is 51.7 Å². The van der Waals surface area contributed by atoms with E-state index in [0.29, 0.717) is 19.1 Å². The van der Waals surface area contributed by atoms with E-state index in [0.717, 1.165) is 32.5 Å². The number of hydrogen-bond donors (Lipinski definition) is 2. The average Bonchev–Trinajstić information content (AvgIpc) is 3.15. The van der Waals surface area contributed by atoms with Crippen LogP contribution in [0.4, 0.5) is 4.79 Å². The number of benzene rings is 1. The molecule has 0 saturated carbocycles. The Bertz CT molecular complexity index is 670. The number of carbonyl (C=O) groups is 1. The number of carbonyl (C=O) groups excluding carboxylic acids is 1. The molecule has 0 spiro atoms. The average molecular weight is 341 g/mol. The highest BCUT2D eigenvalue weighted by Crippen LogP contribution is 2.21. The van der Waals surface area contributed by atoms with Crippen LogP contribution in [0.5, 0.6) is 0 Å². The van der Waals surface area contributed by atoms with E-state index < -0.39 is 0 Å². The van der Waals surface area contributed by atoms with Crippen LogP contribution in [-0.4, -0.2) is 46.2 Å². The standard InChI is InChI=1S/C19H27N5O/c1-2-18(24-10-7-16-5-3-4-6-17(16)14-24)13-22-19(25)21-9-12-23-11-8-20-15-23/h3-6,8,11,15,18H,2,7,9-10,12-14H2,1H3,(H2,21,22,25)/t18-/m1/s1. The van der Waals surface area contributed by atoms with Gasteiger partial charge in [-0.2, -0.15) is 0 Å². The number of nitrogens with zero attached hydrogens (tertiary/aromatic N) is 3. The molecule has 0 aliphatic carbocycles. The normalized spacial score (nSPS) is 15.4. The first-order chi connectivity index (χ1) is 12.3. The molecular formula is C19H27N5O. The summed E-state index contributed by atoms with van der Waals surface area (Å²) in [5.74, 6) is 0. The van der Waals surface area contributed by atoms with Crippen LogP contribution >= 0.6 is 0 Å². The summed E-state index contributed by atoms with van der Waals surface area (Å²) in [5.41, 5.74) is 2.87. The van der Waals surface area contributed by atoms with E-state index in [1.165, 1.54) is 11.1 Å². The quantitative estimate of drug-likeness (QED) is 0.810. The van der Waals surface area contributed by atoms with Gasteiger partial charge in [0.1, 0.15) is 0 Å². The van der Waals surface area contributed by atoms with E-state index >= 15 is 0 Å². The molecule has 0 fully saturated rings. The lowest BCUT2D eigenvalue weighted by molar-refractivity contribution is 0.169. The van der Waals surface area contributed by atoms with Gasteiger partial charge >= 0.3 is 6.03 Å². The third-order valence-corrected chi connectivity index (χ3v) is 4.86. The van der Waals surface area contributed by atoms with E-state index in [-0.39, 0.29) is 6.03 Å². The molecule has 0 radical (unpaired) electrons. The van der Waals surface area contributed by atoms with Gasteiger partial charge in [0.25, 0.3) is 0 Å². The van der Waals surface area contributed by atoms with Gasteiger partial charge in [0.2, 0.25) is 0 Å². The van der Waals surface area contributed by atoms with Gasteiger partial charge in [-0.3, -0.25) is 4.90 Å². The Morgan fingerprint density at radius 2 is 2.12 bits per heavy atom. The smallest absolute Gasteiger partial charge is 0.314 e. The van der Waals surface area contributed by atoms with E-state index in [1.807, 2.05) is 10.8 Å². The predicted molar refractivity (Wildman–Crippen MR) is 98.3 cm³/mol. The number of aromatic nitrogens is 2. The summed E-state index contributed by atoms with van der Waals surface area (Å²) in [7, 11) is 0. The second kappa shape index (κ2) is 8.67. The zero-order valence-electron chi connectivity index (χ0n) is 14.8. The fourth-order valence-corrected chi connectivity index (χ4v) is 3.35. The Balaban J connectivity index is 1.42. The summed E-state index contributed by atoms with van der Waals surface area (Å²) in [6.45, 7) is 6.21. The first kappa shape index (κ1) is 17.5. The highest BCUT2D eigenvalue weighted by atomic mass is 16.2. The number of rotatable bonds is 7. The molecule has 6 nitrogen and oxygen atoms in total. The number of hydrogen-bond acceptors (Lipinski definition) is 3. The van der Waals surface area contributed by atoms with Crippen molar-refractivity contribution in [2.24, 2.45) is 0 Å². The zero-order chi connectivity index (χ0) is 17.5. The molecule has 1 aliphatic rings. The highest BCUT2D eigenvalue weighted by Gasteiger charge is 2.22. The summed E-state index contributed by atoms with van der Waals surface area (Å²) < 4.78 is 1.94. The number of nitrogens with one attached hydrogen (secondary N) is 2. The first-order valence-corrected chi connectivity index (χ1v) is 9.04. The van der Waals surface area contributed by atoms with Gasteiger partial charge in [-0.1, -0.05) is 31.2 Å². The Kier molecular flexibility index (Phi) is 6.06. The SMILES string of the molecule is CC[C@H](CNC(=O)NCCn1ccnc1)N1CCc2ccccc2C1. The van der Waals surface area contributed by atoms with Gasteiger partial charge in [0, 0.05) is 51.2 Å². The van der Waals surface area contributed by atoms with E-state index in [1.54, 1.807) is 12.5 Å². The molecule has 2 heterocycles. The van der Waals surface area contributed by atoms with Crippen molar-refractivity contribution in [1.29, 1.82) is 0 Å². The van der Waals surface area contributed by atoms with Gasteiger partial charge in [-0.15, -0.1) is 0 Å². The Labute approximate surface area is 149 Å². The number of urea groups is 1. The molecular weight excluding hydrogens is 314 g/mol. The molecule has 2 aromatic rings. The van der Waals surface area contributed by atoms with Crippen molar-refractivity contribution in [1.82, 2.24) is 25.1 Å². The third kappa shape index (κ3) is 4.82. The minimum Gasteiger partial charge on any atom is -0.337 e. The molecule has 2 amide bonds. The fraction of sp³-hybridized carbons (Fsp3) is 0.474. The Morgan fingerprint density at radius 3 is 2.88 bits per heavy atom. The van der Waals surface area contributed by atoms with Crippen molar-refractivity contribution in [2.45, 2.75) is 38.9 Å². The second-order valence-corrected chi connectivity index (χ2v) is 6.49. The highest BCUT2D eigenvalue weighted by molar-refractivity contribution is 5.73. The Morgan fingerprint density at radius 1 is 1.28 bits per heavy atom. The first-order valence-electron chi connectivity index (χ1n) is 9.04. The van der Waals surface area contributed by atoms with Crippen molar-refractivity contribution in [2.75, 3.05) is 19.6 Å². The third-order valence-electron chi connectivity index (χ3n) is 4.86. The van der Waals surface area contributed by atoms with Crippen LogP contribution < -0.4 is 10.6 Å². The molecule has 3 rings (SSSR count). The summed E-state index contributed by atoms with van der Waals surface area (Å²) in [4.78, 5) is 18.5. The van der Waals surface area contributed by atoms with Gasteiger partial charge in [0.05, 0.1) is 6.33 Å². The number of imidazole rings is 1. The molecule has 1 aromatic carbocycles. The lowest BCUT2D eigenvalue weighted by Gasteiger charge is -2.35. The minimum absolute atomic E-state index is 0.101. The Hall–Kier alpha value is -2.34. The second-order valence-electron chi connectivity index (χ2n) is 6.49. The summed E-state index contributed by atoms with van der Waals surface area (Å²) in [5, 5.41) is 5.92. The lowest BCUT2D eigenvalue weighted by Crippen LogP contribution is -2.48. The van der Waals surface area contributed by atoms with Crippen molar-refractivity contribution in [3.05, 3.63) is 54.1 Å². The maximum absolute atomic E-state index is 12.0. The van der Waals surface area contributed by atoms with Crippen LogP contribution in [0.25, 0.3) is 0 Å². The van der Waals surface area contributed by atoms with Crippen LogP contribution in [-0.2, 0) is 19.5 Å². The van der Waals surface area contributed by atoms with E-state index in [4.69, 9.17) is 0 Å². The monoisotopic (exact) mass is 341 g/mol. The molecule has 1 atom stereocenters. The predicted octanol–water partition coefficient (Wildman–Crippen LogP) is 2.02. The summed E-state index contributed by atoms with van der Waals surface area (Å²) in [6, 6.07) is 8.92. The van der Waals surface area contributed by atoms with Crippen LogP contribution in [0.3, 0.4) is 0 Å². The molecule has 6 heteroatoms. The molecule has 1 aromatic heterocycles. The molecule has 0 bridgehead atoms. The molecule has 134 valence electrons. The fourth-order valence-electron chi connectivity index (χ4n) is 3.35. The molecule has 25 heavy (non-hydrogen) atoms. The largest absolute Gasteiger partial charge is 0.337 e. The van der Waals surface area contributed by atoms with Crippen LogP contribution in [0.2, 0.25) is 0 Å². The summed E-state index contributed by atoms with van der Waals surface area (Å²) >= 11 is 0. The van der Waals surface area contributed by atoms with Crippen LogP contribution in [0, 0.1) is 0 Å². The minimum atomic E-state index is -0.101. The van der Waals surface area contributed by atoms with Gasteiger partial charge in [0.15, 0.2) is 0 Å². The number of amides is 2. The van der Waals surface area contributed by atoms with Crippen molar-refractivity contribution < 1.29 is 4.79 Å². The van der Waals surface area contributed by atoms with Crippen molar-refractivity contribution in [3.63, 3.8) is 0 Å². The topological polar surface area (TPSA) is 62.2 Å². The van der Waals surface area contributed by atoms with E-state index in [9.17, 15) is 4.79 Å². The van der Waals surface area contributed by atoms with Crippen LogP contribution in [0.1, 0.15) is 24.5 Å². The molecule has 1 aliphatic heterocycles.